The Balaban J connectivity index is 2.34. The van der Waals surface area contributed by atoms with Crippen LogP contribution < -0.4 is 4.74 Å². The quantitative estimate of drug-likeness (QED) is 0.460. The lowest BCUT2D eigenvalue weighted by molar-refractivity contribution is 0.104. The average molecular weight is 336 g/mol. The minimum atomic E-state index is -0.335. The van der Waals surface area contributed by atoms with Crippen LogP contribution >= 0.6 is 0 Å². The number of hydrogen-bond donors (Lipinski definition) is 2. The van der Waals surface area contributed by atoms with Crippen LogP contribution in [0.5, 0.6) is 17.2 Å². The van der Waals surface area contributed by atoms with Crippen molar-refractivity contribution >= 4 is 17.9 Å². The number of aromatic hydroxyl groups is 2. The smallest absolute Gasteiger partial charge is 0.189 e. The number of ketones is 1. The van der Waals surface area contributed by atoms with Crippen molar-refractivity contribution < 1.29 is 19.7 Å². The first-order valence-corrected chi connectivity index (χ1v) is 7.67. The monoisotopic (exact) mass is 336 g/mol. The van der Waals surface area contributed by atoms with Gasteiger partial charge in [0.2, 0.25) is 0 Å². The molecule has 0 bridgehead atoms. The molecule has 0 spiro atoms. The van der Waals surface area contributed by atoms with Gasteiger partial charge in [-0.25, -0.2) is 0 Å². The minimum absolute atomic E-state index is 0.141. The van der Waals surface area contributed by atoms with Crippen molar-refractivity contribution in [3.05, 3.63) is 77.4 Å². The van der Waals surface area contributed by atoms with E-state index in [1.165, 1.54) is 31.4 Å². The lowest BCUT2D eigenvalue weighted by atomic mass is 10.0. The van der Waals surface area contributed by atoms with Crippen LogP contribution in [0.25, 0.3) is 12.2 Å². The maximum absolute atomic E-state index is 12.4. The van der Waals surface area contributed by atoms with Crippen LogP contribution in [0, 0.1) is 0 Å². The van der Waals surface area contributed by atoms with E-state index >= 15 is 0 Å². The van der Waals surface area contributed by atoms with Crippen molar-refractivity contribution in [3.8, 4) is 17.2 Å². The molecule has 0 aliphatic heterocycles. The van der Waals surface area contributed by atoms with Crippen LogP contribution in [0.15, 0.2) is 60.7 Å². The Bertz CT molecular complexity index is 843. The summed E-state index contributed by atoms with van der Waals surface area (Å²) in [6.45, 7) is 5.61. The molecule has 4 heteroatoms. The average Bonchev–Trinajstić information content (AvgIpc) is 2.59. The van der Waals surface area contributed by atoms with Gasteiger partial charge in [0.05, 0.1) is 18.2 Å². The number of ether oxygens (including phenoxy) is 1. The van der Waals surface area contributed by atoms with Gasteiger partial charge >= 0.3 is 0 Å². The topological polar surface area (TPSA) is 66.8 Å². The molecule has 0 atom stereocenters. The number of phenols is 2. The molecular formula is C21H20O4. The van der Waals surface area contributed by atoms with Crippen molar-refractivity contribution in [2.24, 2.45) is 0 Å². The van der Waals surface area contributed by atoms with Crippen LogP contribution in [-0.2, 0) is 0 Å². The van der Waals surface area contributed by atoms with E-state index in [1.54, 1.807) is 36.4 Å². The summed E-state index contributed by atoms with van der Waals surface area (Å²) in [5.41, 5.74) is 2.18. The van der Waals surface area contributed by atoms with Gasteiger partial charge in [0.15, 0.2) is 5.78 Å². The van der Waals surface area contributed by atoms with E-state index in [1.807, 2.05) is 6.92 Å². The minimum Gasteiger partial charge on any atom is -0.508 e. The van der Waals surface area contributed by atoms with Crippen molar-refractivity contribution in [1.29, 1.82) is 0 Å². The summed E-state index contributed by atoms with van der Waals surface area (Å²) < 4.78 is 5.24. The molecule has 2 N–H and O–H groups in total. The van der Waals surface area contributed by atoms with Crippen LogP contribution in [0.3, 0.4) is 0 Å². The van der Waals surface area contributed by atoms with Crippen LogP contribution in [-0.4, -0.2) is 23.1 Å². The summed E-state index contributed by atoms with van der Waals surface area (Å²) >= 11 is 0. The van der Waals surface area contributed by atoms with E-state index in [-0.39, 0.29) is 22.8 Å². The normalized spacial score (nSPS) is 11.1. The van der Waals surface area contributed by atoms with E-state index < -0.39 is 0 Å². The highest BCUT2D eigenvalue weighted by Crippen LogP contribution is 2.33. The van der Waals surface area contributed by atoms with E-state index in [4.69, 9.17) is 4.74 Å². The second kappa shape index (κ2) is 8.02. The zero-order valence-electron chi connectivity index (χ0n) is 14.2. The van der Waals surface area contributed by atoms with Crippen molar-refractivity contribution in [2.75, 3.05) is 7.11 Å². The number of carbonyl (C=O) groups is 1. The summed E-state index contributed by atoms with van der Waals surface area (Å²) in [4.78, 5) is 12.4. The number of carbonyl (C=O) groups excluding carboxylic acids is 1. The molecule has 2 aromatic carbocycles. The Hall–Kier alpha value is -3.27. The Morgan fingerprint density at radius 2 is 1.72 bits per heavy atom. The molecule has 0 saturated carbocycles. The molecular weight excluding hydrogens is 316 g/mol. The molecule has 2 rings (SSSR count). The van der Waals surface area contributed by atoms with Crippen LogP contribution in [0.1, 0.15) is 28.4 Å². The molecule has 0 aliphatic rings. The fraction of sp³-hybridized carbons (Fsp3) is 0.0952. The van der Waals surface area contributed by atoms with Gasteiger partial charge in [-0.3, -0.25) is 4.79 Å². The Kier molecular flexibility index (Phi) is 5.79. The third-order valence-corrected chi connectivity index (χ3v) is 3.52. The van der Waals surface area contributed by atoms with Gasteiger partial charge < -0.3 is 14.9 Å². The van der Waals surface area contributed by atoms with Gasteiger partial charge in [-0.05, 0) is 48.9 Å². The highest BCUT2D eigenvalue weighted by Gasteiger charge is 2.15. The summed E-state index contributed by atoms with van der Waals surface area (Å²) in [6.07, 6.45) is 6.39. The SMILES string of the molecule is C=C(C)C=Cc1c(OC)ccc(C(=O)C=Cc2ccc(O)cc2)c1O. The van der Waals surface area contributed by atoms with E-state index in [0.717, 1.165) is 11.1 Å². The van der Waals surface area contributed by atoms with Gasteiger partial charge in [0.1, 0.15) is 17.2 Å². The fourth-order valence-corrected chi connectivity index (χ4v) is 2.20. The van der Waals surface area contributed by atoms with Gasteiger partial charge in [-0.15, -0.1) is 0 Å². The standard InChI is InChI=1S/C21H20O4/c1-14(2)4-10-18-20(25-3)13-11-17(21(18)24)19(23)12-7-15-5-8-16(22)9-6-15/h4-13,22,24H,1H2,2-3H3. The van der Waals surface area contributed by atoms with Gasteiger partial charge in [-0.1, -0.05) is 36.4 Å². The largest absolute Gasteiger partial charge is 0.508 e. The van der Waals surface area contributed by atoms with E-state index in [9.17, 15) is 15.0 Å². The first-order valence-electron chi connectivity index (χ1n) is 7.67. The molecule has 0 saturated heterocycles. The summed E-state index contributed by atoms with van der Waals surface area (Å²) in [7, 11) is 1.50. The number of benzene rings is 2. The van der Waals surface area contributed by atoms with Gasteiger partial charge in [-0.2, -0.15) is 0 Å². The summed E-state index contributed by atoms with van der Waals surface area (Å²) in [5.74, 6) is 0.148. The van der Waals surface area contributed by atoms with E-state index in [2.05, 4.69) is 6.58 Å². The van der Waals surface area contributed by atoms with Crippen LogP contribution in [0.2, 0.25) is 0 Å². The molecule has 2 aromatic rings. The second-order valence-corrected chi connectivity index (χ2v) is 5.55. The Morgan fingerprint density at radius 3 is 2.32 bits per heavy atom. The first kappa shape index (κ1) is 18.1. The molecule has 128 valence electrons. The molecule has 25 heavy (non-hydrogen) atoms. The van der Waals surface area contributed by atoms with Crippen LogP contribution in [0.4, 0.5) is 0 Å². The lowest BCUT2D eigenvalue weighted by Gasteiger charge is -2.10. The van der Waals surface area contributed by atoms with Crippen molar-refractivity contribution in [3.63, 3.8) is 0 Å². The summed E-state index contributed by atoms with van der Waals surface area (Å²) in [5, 5.41) is 19.7. The molecule has 0 unspecified atom stereocenters. The maximum atomic E-state index is 12.4. The number of phenolic OH excluding ortho intramolecular Hbond substituents is 2. The Morgan fingerprint density at radius 1 is 1.04 bits per heavy atom. The van der Waals surface area contributed by atoms with Crippen molar-refractivity contribution in [1.82, 2.24) is 0 Å². The predicted octanol–water partition coefficient (Wildman–Crippen LogP) is 4.59. The third-order valence-electron chi connectivity index (χ3n) is 3.52. The fourth-order valence-electron chi connectivity index (χ4n) is 2.20. The number of methoxy groups -OCH3 is 1. The molecule has 0 fully saturated rings. The zero-order chi connectivity index (χ0) is 18.4. The molecule has 0 amide bonds. The number of allylic oxidation sites excluding steroid dienone is 3. The summed E-state index contributed by atoms with van der Waals surface area (Å²) in [6, 6.07) is 9.61. The second-order valence-electron chi connectivity index (χ2n) is 5.55. The lowest BCUT2D eigenvalue weighted by Crippen LogP contribution is -1.98. The highest BCUT2D eigenvalue weighted by atomic mass is 16.5. The molecule has 0 heterocycles. The highest BCUT2D eigenvalue weighted by molar-refractivity contribution is 6.09. The number of rotatable bonds is 6. The zero-order valence-corrected chi connectivity index (χ0v) is 14.2. The first-order chi connectivity index (χ1) is 11.9. The van der Waals surface area contributed by atoms with Gasteiger partial charge in [0.25, 0.3) is 0 Å². The molecule has 0 radical (unpaired) electrons. The van der Waals surface area contributed by atoms with Gasteiger partial charge in [0, 0.05) is 0 Å². The third kappa shape index (κ3) is 4.61. The molecule has 0 aliphatic carbocycles. The number of hydrogen-bond acceptors (Lipinski definition) is 4. The van der Waals surface area contributed by atoms with Crippen molar-refractivity contribution in [2.45, 2.75) is 6.92 Å². The Labute approximate surface area is 147 Å². The molecule has 0 aromatic heterocycles. The van der Waals surface area contributed by atoms with E-state index in [0.29, 0.717) is 11.3 Å². The maximum Gasteiger partial charge on any atom is 0.189 e. The predicted molar refractivity (Wildman–Crippen MR) is 100.0 cm³/mol. The molecule has 4 nitrogen and oxygen atoms in total.